The van der Waals surface area contributed by atoms with Gasteiger partial charge in [-0.2, -0.15) is 0 Å². The number of amides is 2. The molecule has 6 rings (SSSR count). The van der Waals surface area contributed by atoms with E-state index in [-0.39, 0.29) is 37.1 Å². The van der Waals surface area contributed by atoms with Gasteiger partial charge < -0.3 is 78.5 Å². The number of hydrogen-bond donors (Lipinski definition) is 5. The maximum atomic E-state index is 12.7. The summed E-state index contributed by atoms with van der Waals surface area (Å²) in [5.74, 6) is 1.64. The second-order valence-corrected chi connectivity index (χ2v) is 32.7. The number of hydrogen-bond acceptors (Lipinski definition) is 16. The van der Waals surface area contributed by atoms with Crippen molar-refractivity contribution in [2.45, 2.75) is 36.5 Å². The molecule has 0 aliphatic carbocycles. The topological polar surface area (TPSA) is 230 Å². The maximum absolute atomic E-state index is 12.7. The molecule has 3 aromatic carbocycles. The van der Waals surface area contributed by atoms with Crippen LogP contribution < -0.4 is 37.3 Å². The zero-order valence-corrected chi connectivity index (χ0v) is 42.1. The smallest absolute Gasteiger partial charge is 0.478 e. The van der Waals surface area contributed by atoms with Crippen LogP contribution in [0.25, 0.3) is 0 Å². The van der Waals surface area contributed by atoms with Crippen LogP contribution in [0.2, 0.25) is 24.2 Å². The molecule has 0 saturated carbocycles. The number of fused-ring (bicyclic) bond motifs is 4. The number of nitrogens with one attached hydrogen (secondary N) is 2. The van der Waals surface area contributed by atoms with Gasteiger partial charge in [-0.3, -0.25) is 0 Å². The molecule has 0 aromatic heterocycles. The van der Waals surface area contributed by atoms with Crippen LogP contribution in [0.5, 0.6) is 11.5 Å². The Bertz CT molecular complexity index is 1690. The summed E-state index contributed by atoms with van der Waals surface area (Å²) in [6, 6.07) is 27.9. The van der Waals surface area contributed by atoms with Crippen molar-refractivity contribution in [3.8, 4) is 11.5 Å². The molecule has 8 N–H and O–H groups in total. The van der Waals surface area contributed by atoms with Gasteiger partial charge >= 0.3 is 61.3 Å². The number of carbonyl (C=O) groups is 1. The van der Waals surface area contributed by atoms with E-state index in [1.165, 1.54) is 11.1 Å². The Morgan fingerprint density at radius 3 is 1.81 bits per heavy atom. The monoisotopic (exact) mass is 941 g/mol. The average molecular weight is 943 g/mol. The summed E-state index contributed by atoms with van der Waals surface area (Å²) in [6.45, 7) is 1.98. The Morgan fingerprint density at radius 1 is 0.690 bits per heavy atom. The summed E-state index contributed by atoms with van der Waals surface area (Å²) in [5, 5.41) is 5.80. The quantitative estimate of drug-likeness (QED) is 0.0572. The number of urea groups is 1. The molecule has 3 heterocycles. The Hall–Kier alpha value is -2.25. The molecule has 4 bridgehead atoms. The lowest BCUT2D eigenvalue weighted by Crippen LogP contribution is -2.70. The van der Waals surface area contributed by atoms with Crippen LogP contribution in [0.4, 0.5) is 4.79 Å². The van der Waals surface area contributed by atoms with Crippen molar-refractivity contribution in [2.24, 2.45) is 17.2 Å². The number of benzene rings is 3. The first kappa shape index (κ1) is 45.3. The van der Waals surface area contributed by atoms with Gasteiger partial charge in [-0.25, -0.2) is 4.79 Å². The lowest BCUT2D eigenvalue weighted by molar-refractivity contribution is 0.0888. The number of nitrogens with two attached hydrogens (primary N) is 3. The molecule has 3 saturated heterocycles. The lowest BCUT2D eigenvalue weighted by atomic mass is 9.85. The number of carbonyl (C=O) groups excluding carboxylic acids is 1. The Morgan fingerprint density at radius 2 is 1.24 bits per heavy atom. The molecule has 0 radical (unpaired) electrons. The zero-order chi connectivity index (χ0) is 40.6. The van der Waals surface area contributed by atoms with Crippen molar-refractivity contribution >= 4 is 81.3 Å². The lowest BCUT2D eigenvalue weighted by Gasteiger charge is -2.47. The summed E-state index contributed by atoms with van der Waals surface area (Å²) in [6.07, 6.45) is 0.616. The van der Waals surface area contributed by atoms with Gasteiger partial charge in [0.05, 0.1) is 13.7 Å². The summed E-state index contributed by atoms with van der Waals surface area (Å²) in [5.41, 5.74) is 21.5. The van der Waals surface area contributed by atoms with Gasteiger partial charge in [0, 0.05) is 37.1 Å². The molecule has 26 heteroatoms. The second kappa shape index (κ2) is 23.1. The normalized spacial score (nSPS) is 27.5. The summed E-state index contributed by atoms with van der Waals surface area (Å²) in [7, 11) is -18.9. The van der Waals surface area contributed by atoms with E-state index in [4.69, 9.17) is 67.8 Å². The summed E-state index contributed by atoms with van der Waals surface area (Å²) >= 11 is 0. The van der Waals surface area contributed by atoms with Gasteiger partial charge in [0.2, 0.25) is 0 Å². The van der Waals surface area contributed by atoms with Gasteiger partial charge in [-0.15, -0.1) is 0 Å². The second-order valence-electron chi connectivity index (χ2n) is 13.4. The van der Waals surface area contributed by atoms with E-state index in [1.54, 1.807) is 7.11 Å². The van der Waals surface area contributed by atoms with Crippen LogP contribution in [-0.2, 0) is 41.2 Å². The van der Waals surface area contributed by atoms with E-state index < -0.39 is 75.2 Å². The first-order valence-corrected chi connectivity index (χ1v) is 31.9. The van der Waals surface area contributed by atoms with E-state index in [1.807, 2.05) is 30.3 Å². The average Bonchev–Trinajstić information content (AvgIpc) is 3.20. The predicted octanol–water partition coefficient (Wildman–Crippen LogP) is -1.22. The molecule has 18 nitrogen and oxygen atoms in total. The third kappa shape index (κ3) is 13.1. The number of rotatable bonds is 18. The highest BCUT2D eigenvalue weighted by Crippen LogP contribution is 2.35. The van der Waals surface area contributed by atoms with Crippen LogP contribution in [0.1, 0.15) is 29.0 Å². The fraction of sp³-hybridized carbons (Fsp3) is 0.406. The van der Waals surface area contributed by atoms with E-state index in [2.05, 4.69) is 59.2 Å². The molecule has 318 valence electrons. The molecule has 2 amide bonds. The standard InChI is InChI=1S/C32H55N5O13Si8/c1-39-29-12-8-27(9-13-29)31(26-6-3-2-4-7-26)28-10-14-30(15-11-28)40-21-5-19-36-32(38)37-20-23-54-42-52-44-56-45-55-43-51-41-53(22-16-33)46-57(48-55,24-17-34)50-58(47-54,49-56)25-18-35/h2-4,6-15,31,53-56H,5,16-25,33-35,51-52H2,1H3,(H2,36,37,38). The third-order valence-electron chi connectivity index (χ3n) is 9.26. The third-order valence-corrected chi connectivity index (χ3v) is 33.6. The highest BCUT2D eigenvalue weighted by atomic mass is 28.6. The minimum Gasteiger partial charge on any atom is -0.497 e. The molecular formula is C32H55N5O13Si8. The maximum Gasteiger partial charge on any atom is 0.478 e. The molecule has 3 aliphatic rings. The fourth-order valence-electron chi connectivity index (χ4n) is 6.50. The SMILES string of the molecule is COc1ccc(C(c2ccccc2)c2ccc(OCCCNC(=O)NCC[SiH]3O[SiH2]O[SiH]4O[SiH]5O[SiH2]O[SiH](CCN)O[Si](CCN)(O5)O[Si](CCN)(O3)O4)cc2)cc1. The minimum atomic E-state index is -3.65. The van der Waals surface area contributed by atoms with Crippen molar-refractivity contribution in [3.63, 3.8) is 0 Å². The first-order chi connectivity index (χ1) is 28.3. The van der Waals surface area contributed by atoms with Crippen molar-refractivity contribution in [1.29, 1.82) is 0 Å². The molecule has 3 aromatic rings. The van der Waals surface area contributed by atoms with Crippen LogP contribution in [0, 0.1) is 0 Å². The summed E-state index contributed by atoms with van der Waals surface area (Å²) < 4.78 is 74.9. The van der Waals surface area contributed by atoms with Crippen molar-refractivity contribution in [3.05, 3.63) is 95.6 Å². The predicted molar refractivity (Wildman–Crippen MR) is 233 cm³/mol. The molecule has 7 atom stereocenters. The number of methoxy groups -OCH3 is 1. The number of ether oxygens (including phenoxy) is 2. The Labute approximate surface area is 353 Å². The van der Waals surface area contributed by atoms with Crippen LogP contribution in [-0.4, -0.2) is 128 Å². The molecular weight excluding hydrogens is 887 g/mol. The van der Waals surface area contributed by atoms with Crippen molar-refractivity contribution < 1.29 is 55.4 Å². The first-order valence-electron chi connectivity index (χ1n) is 19.4. The highest BCUT2D eigenvalue weighted by molar-refractivity contribution is 6.87. The molecule has 3 aliphatic heterocycles. The van der Waals surface area contributed by atoms with E-state index in [0.717, 1.165) is 17.1 Å². The zero-order valence-electron chi connectivity index (χ0n) is 32.6. The van der Waals surface area contributed by atoms with Gasteiger partial charge in [0.15, 0.2) is 0 Å². The minimum absolute atomic E-state index is 0.0610. The van der Waals surface area contributed by atoms with E-state index in [0.29, 0.717) is 44.8 Å². The summed E-state index contributed by atoms with van der Waals surface area (Å²) in [4.78, 5) is 12.7. The van der Waals surface area contributed by atoms with Crippen LogP contribution in [0.3, 0.4) is 0 Å². The molecule has 58 heavy (non-hydrogen) atoms. The molecule has 7 unspecified atom stereocenters. The van der Waals surface area contributed by atoms with E-state index in [9.17, 15) is 4.79 Å². The Balaban J connectivity index is 0.971. The van der Waals surface area contributed by atoms with Crippen molar-refractivity contribution in [2.75, 3.05) is 46.4 Å². The molecule has 3 fully saturated rings. The van der Waals surface area contributed by atoms with E-state index >= 15 is 0 Å². The highest BCUT2D eigenvalue weighted by Gasteiger charge is 2.60. The van der Waals surface area contributed by atoms with Crippen LogP contribution in [0.15, 0.2) is 78.9 Å². The Kier molecular flexibility index (Phi) is 18.0. The van der Waals surface area contributed by atoms with Gasteiger partial charge in [-0.1, -0.05) is 54.6 Å². The van der Waals surface area contributed by atoms with Gasteiger partial charge in [0.1, 0.15) is 11.5 Å². The molecule has 0 spiro atoms. The van der Waals surface area contributed by atoms with Crippen LogP contribution >= 0.6 is 0 Å². The van der Waals surface area contributed by atoms with Gasteiger partial charge in [0.25, 0.3) is 20.0 Å². The van der Waals surface area contributed by atoms with Crippen molar-refractivity contribution in [1.82, 2.24) is 10.6 Å². The van der Waals surface area contributed by atoms with Gasteiger partial charge in [-0.05, 0) is 73.1 Å². The largest absolute Gasteiger partial charge is 0.497 e. The fourth-order valence-corrected chi connectivity index (χ4v) is 36.1.